The number of methoxy groups -OCH3 is 2. The normalized spacial score (nSPS) is 10.7. The highest BCUT2D eigenvalue weighted by atomic mass is 79.9. The summed E-state index contributed by atoms with van der Waals surface area (Å²) in [6, 6.07) is 0. The van der Waals surface area contributed by atoms with E-state index in [1.165, 1.54) is 21.1 Å². The van der Waals surface area contributed by atoms with E-state index < -0.39 is 17.4 Å². The van der Waals surface area contributed by atoms with Crippen molar-refractivity contribution in [3.05, 3.63) is 0 Å². The summed E-state index contributed by atoms with van der Waals surface area (Å²) in [4.78, 5) is 22.2. The lowest BCUT2D eigenvalue weighted by Gasteiger charge is -2.20. The van der Waals surface area contributed by atoms with Crippen LogP contribution >= 0.6 is 15.9 Å². The Morgan fingerprint density at radius 3 is 1.75 bits per heavy atom. The maximum absolute atomic E-state index is 11.1. The average Bonchev–Trinajstić information content (AvgIpc) is 2.13. The lowest BCUT2D eigenvalue weighted by atomic mass is 9.94. The van der Waals surface area contributed by atoms with Crippen LogP contribution in [-0.4, -0.2) is 31.5 Å². The number of ether oxygens (including phenoxy) is 2. The number of hydrogen-bond acceptors (Lipinski definition) is 4. The average molecular weight is 239 g/mol. The summed E-state index contributed by atoms with van der Waals surface area (Å²) < 4.78 is 8.92. The lowest BCUT2D eigenvalue weighted by molar-refractivity contribution is -0.165. The number of carbonyl (C=O) groups is 2. The second kappa shape index (κ2) is 4.45. The molecule has 0 aliphatic rings. The summed E-state index contributed by atoms with van der Waals surface area (Å²) in [5.41, 5.74) is -1.25. The van der Waals surface area contributed by atoms with Gasteiger partial charge in [0.15, 0.2) is 5.41 Å². The first-order chi connectivity index (χ1) is 5.52. The van der Waals surface area contributed by atoms with Gasteiger partial charge in [0.1, 0.15) is 0 Å². The predicted octanol–water partition coefficient (Wildman–Crippen LogP) is 0.734. The highest BCUT2D eigenvalue weighted by Gasteiger charge is 2.42. The van der Waals surface area contributed by atoms with E-state index >= 15 is 0 Å². The van der Waals surface area contributed by atoms with Crippen molar-refractivity contribution in [3.63, 3.8) is 0 Å². The molecule has 0 aromatic rings. The third-order valence-electron chi connectivity index (χ3n) is 1.54. The molecule has 0 amide bonds. The molecule has 4 nitrogen and oxygen atoms in total. The zero-order valence-electron chi connectivity index (χ0n) is 7.22. The zero-order chi connectivity index (χ0) is 9.78. The molecule has 0 spiro atoms. The molecule has 0 aliphatic carbocycles. The Kier molecular flexibility index (Phi) is 4.23. The molecule has 0 unspecified atom stereocenters. The third-order valence-corrected chi connectivity index (χ3v) is 2.66. The Morgan fingerprint density at radius 1 is 1.25 bits per heavy atom. The molecule has 0 heterocycles. The van der Waals surface area contributed by atoms with Crippen molar-refractivity contribution in [2.45, 2.75) is 6.92 Å². The van der Waals surface area contributed by atoms with Gasteiger partial charge in [-0.2, -0.15) is 0 Å². The minimum absolute atomic E-state index is 0.180. The predicted molar refractivity (Wildman–Crippen MR) is 45.9 cm³/mol. The van der Waals surface area contributed by atoms with Crippen LogP contribution < -0.4 is 0 Å². The third kappa shape index (κ3) is 1.97. The van der Waals surface area contributed by atoms with E-state index in [1.807, 2.05) is 0 Å². The minimum atomic E-state index is -1.25. The molecular formula is C7H11BrO4. The topological polar surface area (TPSA) is 52.6 Å². The fourth-order valence-corrected chi connectivity index (χ4v) is 1.10. The quantitative estimate of drug-likeness (QED) is 0.414. The number of carbonyl (C=O) groups excluding carboxylic acids is 2. The van der Waals surface area contributed by atoms with Crippen LogP contribution in [0.5, 0.6) is 0 Å². The van der Waals surface area contributed by atoms with Crippen LogP contribution in [0.4, 0.5) is 0 Å². The summed E-state index contributed by atoms with van der Waals surface area (Å²) in [5, 5.41) is 0.180. The van der Waals surface area contributed by atoms with E-state index in [0.29, 0.717) is 0 Å². The second-order valence-corrected chi connectivity index (χ2v) is 3.01. The fourth-order valence-electron chi connectivity index (χ4n) is 0.643. The molecule has 0 N–H and O–H groups in total. The lowest BCUT2D eigenvalue weighted by Crippen LogP contribution is -2.39. The maximum Gasteiger partial charge on any atom is 0.323 e. The van der Waals surface area contributed by atoms with Crippen molar-refractivity contribution in [1.29, 1.82) is 0 Å². The molecule has 0 aliphatic heterocycles. The zero-order valence-corrected chi connectivity index (χ0v) is 8.80. The maximum atomic E-state index is 11.1. The number of rotatable bonds is 3. The van der Waals surface area contributed by atoms with Gasteiger partial charge in [-0.25, -0.2) is 0 Å². The first-order valence-electron chi connectivity index (χ1n) is 3.25. The molecule has 0 bridgehead atoms. The summed E-state index contributed by atoms with van der Waals surface area (Å²) in [6.07, 6.45) is 0. The van der Waals surface area contributed by atoms with Gasteiger partial charge < -0.3 is 9.47 Å². The molecule has 70 valence electrons. The molecule has 12 heavy (non-hydrogen) atoms. The Hall–Kier alpha value is -0.580. The van der Waals surface area contributed by atoms with Crippen LogP contribution in [0.15, 0.2) is 0 Å². The standard InChI is InChI=1S/C7H11BrO4/c1-7(4-8,5(9)11-2)6(10)12-3/h4H2,1-3H3. The highest BCUT2D eigenvalue weighted by molar-refractivity contribution is 9.09. The molecular weight excluding hydrogens is 228 g/mol. The molecule has 0 aromatic carbocycles. The van der Waals surface area contributed by atoms with E-state index in [1.54, 1.807) is 0 Å². The van der Waals surface area contributed by atoms with E-state index in [-0.39, 0.29) is 5.33 Å². The second-order valence-electron chi connectivity index (χ2n) is 2.45. The van der Waals surface area contributed by atoms with E-state index in [0.717, 1.165) is 0 Å². The van der Waals surface area contributed by atoms with Crippen molar-refractivity contribution in [2.75, 3.05) is 19.5 Å². The van der Waals surface area contributed by atoms with Gasteiger partial charge in [-0.15, -0.1) is 0 Å². The molecule has 0 fully saturated rings. The van der Waals surface area contributed by atoms with Crippen LogP contribution in [0, 0.1) is 5.41 Å². The van der Waals surface area contributed by atoms with Gasteiger partial charge in [-0.05, 0) is 6.92 Å². The number of hydrogen-bond donors (Lipinski definition) is 0. The summed E-state index contributed by atoms with van der Waals surface area (Å²) in [6.45, 7) is 1.46. The van der Waals surface area contributed by atoms with Crippen LogP contribution in [0.25, 0.3) is 0 Å². The Labute approximate surface area is 79.3 Å². The number of esters is 2. The van der Waals surface area contributed by atoms with Crippen LogP contribution in [0.2, 0.25) is 0 Å². The molecule has 0 radical (unpaired) electrons. The summed E-state index contributed by atoms with van der Waals surface area (Å²) >= 11 is 3.05. The first-order valence-corrected chi connectivity index (χ1v) is 4.38. The van der Waals surface area contributed by atoms with E-state index in [9.17, 15) is 9.59 Å². The van der Waals surface area contributed by atoms with Gasteiger partial charge in [0.05, 0.1) is 14.2 Å². The number of halogens is 1. The van der Waals surface area contributed by atoms with Crippen molar-refractivity contribution in [2.24, 2.45) is 5.41 Å². The van der Waals surface area contributed by atoms with Crippen molar-refractivity contribution in [1.82, 2.24) is 0 Å². The first kappa shape index (κ1) is 11.4. The molecule has 0 rings (SSSR count). The van der Waals surface area contributed by atoms with Gasteiger partial charge in [0, 0.05) is 5.33 Å². The Balaban J connectivity index is 4.66. The van der Waals surface area contributed by atoms with Crippen LogP contribution in [0.3, 0.4) is 0 Å². The minimum Gasteiger partial charge on any atom is -0.468 e. The molecule has 0 aromatic heterocycles. The van der Waals surface area contributed by atoms with Crippen molar-refractivity contribution >= 4 is 27.9 Å². The van der Waals surface area contributed by atoms with Crippen LogP contribution in [-0.2, 0) is 19.1 Å². The van der Waals surface area contributed by atoms with Crippen molar-refractivity contribution < 1.29 is 19.1 Å². The smallest absolute Gasteiger partial charge is 0.323 e. The fraction of sp³-hybridized carbons (Fsp3) is 0.714. The highest BCUT2D eigenvalue weighted by Crippen LogP contribution is 2.22. The van der Waals surface area contributed by atoms with Crippen molar-refractivity contribution in [3.8, 4) is 0 Å². The van der Waals surface area contributed by atoms with E-state index in [4.69, 9.17) is 0 Å². The summed E-state index contributed by atoms with van der Waals surface area (Å²) in [5.74, 6) is -1.21. The molecule has 0 atom stereocenters. The molecule has 5 heteroatoms. The largest absolute Gasteiger partial charge is 0.468 e. The SMILES string of the molecule is COC(=O)C(C)(CBr)C(=O)OC. The Bertz CT molecular complexity index is 174. The molecule has 0 saturated carbocycles. The van der Waals surface area contributed by atoms with Gasteiger partial charge in [-0.1, -0.05) is 15.9 Å². The molecule has 0 saturated heterocycles. The van der Waals surface area contributed by atoms with Gasteiger partial charge >= 0.3 is 11.9 Å². The number of alkyl halides is 1. The van der Waals surface area contributed by atoms with Gasteiger partial charge in [0.25, 0.3) is 0 Å². The van der Waals surface area contributed by atoms with E-state index in [2.05, 4.69) is 25.4 Å². The van der Waals surface area contributed by atoms with Crippen LogP contribution in [0.1, 0.15) is 6.92 Å². The summed E-state index contributed by atoms with van der Waals surface area (Å²) in [7, 11) is 2.46. The monoisotopic (exact) mass is 238 g/mol. The van der Waals surface area contributed by atoms with Gasteiger partial charge in [0.2, 0.25) is 0 Å². The Morgan fingerprint density at radius 2 is 1.58 bits per heavy atom. The van der Waals surface area contributed by atoms with Gasteiger partial charge in [-0.3, -0.25) is 9.59 Å².